The Hall–Kier alpha value is -1.67. The number of nitrogens with zero attached hydrogens (tertiary/aromatic N) is 6. The molecule has 0 aliphatic heterocycles. The van der Waals surface area contributed by atoms with Crippen molar-refractivity contribution >= 4 is 11.6 Å². The predicted octanol–water partition coefficient (Wildman–Crippen LogP) is 0.868. The molecule has 0 saturated heterocycles. The molecule has 1 rings (SSSR count). The molecule has 0 aliphatic carbocycles. The van der Waals surface area contributed by atoms with Gasteiger partial charge in [-0.05, 0) is 36.5 Å². The summed E-state index contributed by atoms with van der Waals surface area (Å²) in [4.78, 5) is 18.2. The summed E-state index contributed by atoms with van der Waals surface area (Å²) >= 11 is 5.65. The third-order valence-electron chi connectivity index (χ3n) is 1.81. The minimum Gasteiger partial charge on any atom is -0.356 e. The summed E-state index contributed by atoms with van der Waals surface area (Å²) in [5, 5.41) is 2.77. The first-order chi connectivity index (χ1) is 8.17. The lowest BCUT2D eigenvalue weighted by atomic mass is 10.1. The second kappa shape index (κ2) is 6.81. The normalized spacial score (nSPS) is 11.7. The molecular formula is C7H11ClN8O. The molecule has 0 saturated carbocycles. The average molecular weight is 259 g/mol. The number of aromatic nitrogens is 3. The van der Waals surface area contributed by atoms with E-state index in [4.69, 9.17) is 28.6 Å². The fourth-order valence-electron chi connectivity index (χ4n) is 1.07. The smallest absolute Gasteiger partial charge is 0.333 e. The monoisotopic (exact) mass is 258 g/mol. The lowest BCUT2D eigenvalue weighted by Gasteiger charge is -2.09. The van der Waals surface area contributed by atoms with Crippen LogP contribution in [0.25, 0.3) is 10.4 Å². The average Bonchev–Trinajstić information content (AvgIpc) is 2.32. The van der Waals surface area contributed by atoms with Crippen LogP contribution in [0.1, 0.15) is 24.7 Å². The van der Waals surface area contributed by atoms with Gasteiger partial charge in [-0.3, -0.25) is 0 Å². The Balaban J connectivity index is 2.84. The van der Waals surface area contributed by atoms with Crippen LogP contribution in [-0.4, -0.2) is 21.5 Å². The molecule has 0 radical (unpaired) electrons. The van der Waals surface area contributed by atoms with Crippen LogP contribution in [-0.2, 0) is 0 Å². The van der Waals surface area contributed by atoms with Gasteiger partial charge in [0, 0.05) is 4.91 Å². The van der Waals surface area contributed by atoms with Crippen LogP contribution in [0.5, 0.6) is 6.01 Å². The standard InChI is InChI=1S/C7H11ClN8O/c8-6-12-5(4(10)2-1-3-9)13-7(14-6)17-16-15-11/h4H,1-3,9-10H2. The lowest BCUT2D eigenvalue weighted by molar-refractivity contribution is 0.301. The molecule has 1 atom stereocenters. The van der Waals surface area contributed by atoms with Gasteiger partial charge in [-0.15, -0.1) is 0 Å². The van der Waals surface area contributed by atoms with Crippen molar-refractivity contribution in [1.82, 2.24) is 15.0 Å². The van der Waals surface area contributed by atoms with Gasteiger partial charge in [0.2, 0.25) is 5.28 Å². The maximum atomic E-state index is 8.08. The van der Waals surface area contributed by atoms with Crippen molar-refractivity contribution in [2.75, 3.05) is 6.54 Å². The molecule has 0 bridgehead atoms. The highest BCUT2D eigenvalue weighted by Gasteiger charge is 2.13. The zero-order valence-corrected chi connectivity index (χ0v) is 9.58. The summed E-state index contributed by atoms with van der Waals surface area (Å²) in [5.74, 6) is 0.265. The Kier molecular flexibility index (Phi) is 5.37. The van der Waals surface area contributed by atoms with Crippen LogP contribution in [0.2, 0.25) is 5.28 Å². The van der Waals surface area contributed by atoms with Crippen LogP contribution in [0.3, 0.4) is 0 Å². The summed E-state index contributed by atoms with van der Waals surface area (Å²) in [5.41, 5.74) is 19.3. The summed E-state index contributed by atoms with van der Waals surface area (Å²) in [6.07, 6.45) is 1.34. The van der Waals surface area contributed by atoms with E-state index >= 15 is 0 Å². The van der Waals surface area contributed by atoms with Gasteiger partial charge >= 0.3 is 6.01 Å². The van der Waals surface area contributed by atoms with Crippen LogP contribution < -0.4 is 16.3 Å². The third kappa shape index (κ3) is 4.37. The van der Waals surface area contributed by atoms with Crippen molar-refractivity contribution in [1.29, 1.82) is 0 Å². The number of nitrogens with two attached hydrogens (primary N) is 2. The molecule has 1 heterocycles. The van der Waals surface area contributed by atoms with Gasteiger partial charge in [0.05, 0.1) is 6.04 Å². The maximum Gasteiger partial charge on any atom is 0.333 e. The molecule has 17 heavy (non-hydrogen) atoms. The first-order valence-electron chi connectivity index (χ1n) is 4.76. The van der Waals surface area contributed by atoms with Crippen molar-refractivity contribution in [3.63, 3.8) is 0 Å². The SMILES string of the molecule is [N-]=[N+]=NOc1nc(Cl)nc(C(N)CCCN)n1. The number of hydrogen-bond donors (Lipinski definition) is 2. The maximum absolute atomic E-state index is 8.08. The zero-order chi connectivity index (χ0) is 12.7. The molecule has 1 aromatic heterocycles. The van der Waals surface area contributed by atoms with Gasteiger partial charge in [-0.1, -0.05) is 0 Å². The van der Waals surface area contributed by atoms with E-state index in [1.54, 1.807) is 0 Å². The van der Waals surface area contributed by atoms with Crippen molar-refractivity contribution in [2.24, 2.45) is 16.7 Å². The fourth-order valence-corrected chi connectivity index (χ4v) is 1.23. The molecule has 1 aromatic rings. The quantitative estimate of drug-likeness (QED) is 0.334. The first-order valence-corrected chi connectivity index (χ1v) is 5.13. The fraction of sp³-hybridized carbons (Fsp3) is 0.571. The molecule has 0 aliphatic rings. The molecule has 0 amide bonds. The summed E-state index contributed by atoms with van der Waals surface area (Å²) in [7, 11) is 0. The van der Waals surface area contributed by atoms with Gasteiger partial charge in [0.25, 0.3) is 0 Å². The van der Waals surface area contributed by atoms with Gasteiger partial charge in [0.1, 0.15) is 5.28 Å². The van der Waals surface area contributed by atoms with Gasteiger partial charge in [0.15, 0.2) is 5.82 Å². The van der Waals surface area contributed by atoms with E-state index in [0.717, 1.165) is 6.42 Å². The number of azide groups is 1. The molecule has 1 unspecified atom stereocenters. The predicted molar refractivity (Wildman–Crippen MR) is 59.8 cm³/mol. The van der Waals surface area contributed by atoms with E-state index in [9.17, 15) is 0 Å². The molecule has 9 nitrogen and oxygen atoms in total. The van der Waals surface area contributed by atoms with E-state index in [1.165, 1.54) is 0 Å². The summed E-state index contributed by atoms with van der Waals surface area (Å²) in [6, 6.07) is -0.617. The van der Waals surface area contributed by atoms with Crippen LogP contribution in [0.4, 0.5) is 0 Å². The summed E-state index contributed by atoms with van der Waals surface area (Å²) in [6.45, 7) is 0.522. The first kappa shape index (κ1) is 13.4. The van der Waals surface area contributed by atoms with Crippen molar-refractivity contribution in [3.8, 4) is 6.01 Å². The zero-order valence-electron chi connectivity index (χ0n) is 8.82. The van der Waals surface area contributed by atoms with Gasteiger partial charge < -0.3 is 16.3 Å². The van der Waals surface area contributed by atoms with E-state index in [0.29, 0.717) is 13.0 Å². The number of rotatable bonds is 6. The van der Waals surface area contributed by atoms with E-state index < -0.39 is 6.04 Å². The van der Waals surface area contributed by atoms with E-state index in [2.05, 4.69) is 30.0 Å². The number of halogens is 1. The van der Waals surface area contributed by atoms with Crippen LogP contribution in [0.15, 0.2) is 5.28 Å². The van der Waals surface area contributed by atoms with Crippen LogP contribution >= 0.6 is 11.6 Å². The molecule has 0 spiro atoms. The second-order valence-corrected chi connectivity index (χ2v) is 3.38. The Labute approximate surface area is 102 Å². The molecule has 92 valence electrons. The Morgan fingerprint density at radius 1 is 1.47 bits per heavy atom. The Morgan fingerprint density at radius 2 is 2.24 bits per heavy atom. The lowest BCUT2D eigenvalue weighted by Crippen LogP contribution is -2.16. The minimum absolute atomic E-state index is 0.0821. The highest BCUT2D eigenvalue weighted by molar-refractivity contribution is 6.28. The highest BCUT2D eigenvalue weighted by Crippen LogP contribution is 2.15. The van der Waals surface area contributed by atoms with Crippen molar-refractivity contribution < 1.29 is 4.84 Å². The van der Waals surface area contributed by atoms with Gasteiger partial charge in [-0.2, -0.15) is 9.97 Å². The third-order valence-corrected chi connectivity index (χ3v) is 1.98. The Bertz CT molecular complexity index is 420. The molecule has 4 N–H and O–H groups in total. The second-order valence-electron chi connectivity index (χ2n) is 3.04. The van der Waals surface area contributed by atoms with E-state index in [-0.39, 0.29) is 17.1 Å². The summed E-state index contributed by atoms with van der Waals surface area (Å²) < 4.78 is 0. The molecule has 0 aromatic carbocycles. The van der Waals surface area contributed by atoms with E-state index in [1.807, 2.05) is 0 Å². The minimum atomic E-state index is -0.424. The van der Waals surface area contributed by atoms with Gasteiger partial charge in [-0.25, -0.2) is 4.98 Å². The molecule has 0 fully saturated rings. The van der Waals surface area contributed by atoms with Crippen molar-refractivity contribution in [3.05, 3.63) is 21.6 Å². The largest absolute Gasteiger partial charge is 0.356 e. The van der Waals surface area contributed by atoms with Crippen molar-refractivity contribution in [2.45, 2.75) is 18.9 Å². The van der Waals surface area contributed by atoms with Crippen LogP contribution in [0, 0.1) is 0 Å². The highest BCUT2D eigenvalue weighted by atomic mass is 35.5. The topological polar surface area (TPSA) is 149 Å². The molecule has 10 heteroatoms. The molecular weight excluding hydrogens is 248 g/mol. The Morgan fingerprint density at radius 3 is 2.88 bits per heavy atom. The number of hydrogen-bond acceptors (Lipinski definition) is 7.